The van der Waals surface area contributed by atoms with Crippen molar-refractivity contribution < 1.29 is 19.4 Å². The van der Waals surface area contributed by atoms with Crippen molar-refractivity contribution in [2.45, 2.75) is 12.8 Å². The summed E-state index contributed by atoms with van der Waals surface area (Å²) in [6.07, 6.45) is 3.15. The van der Waals surface area contributed by atoms with E-state index in [0.29, 0.717) is 13.2 Å². The zero-order valence-electron chi connectivity index (χ0n) is 9.22. The van der Waals surface area contributed by atoms with Crippen molar-refractivity contribution in [3.8, 4) is 0 Å². The molecular formula is C11H17NO4. The molecule has 0 aromatic rings. The van der Waals surface area contributed by atoms with E-state index in [-0.39, 0.29) is 24.9 Å². The lowest BCUT2D eigenvalue weighted by Crippen LogP contribution is -2.42. The predicted octanol–water partition coefficient (Wildman–Crippen LogP) is 0.512. The minimum atomic E-state index is -1.01. The topological polar surface area (TPSA) is 66.8 Å². The fourth-order valence-corrected chi connectivity index (χ4v) is 1.75. The number of aliphatic carboxylic acids is 1. The van der Waals surface area contributed by atoms with Crippen molar-refractivity contribution >= 4 is 11.9 Å². The van der Waals surface area contributed by atoms with Gasteiger partial charge in [0.15, 0.2) is 0 Å². The minimum absolute atomic E-state index is 0.151. The summed E-state index contributed by atoms with van der Waals surface area (Å²) in [5.41, 5.74) is 0. The van der Waals surface area contributed by atoms with Crippen LogP contribution in [0.15, 0.2) is 12.7 Å². The van der Waals surface area contributed by atoms with Crippen LogP contribution in [0.4, 0.5) is 0 Å². The average molecular weight is 227 g/mol. The molecule has 90 valence electrons. The summed E-state index contributed by atoms with van der Waals surface area (Å²) in [6, 6.07) is 0. The number of carbonyl (C=O) groups excluding carboxylic acids is 1. The molecule has 0 aliphatic carbocycles. The highest BCUT2D eigenvalue weighted by Crippen LogP contribution is 2.16. The summed E-state index contributed by atoms with van der Waals surface area (Å²) in [5, 5.41) is 8.70. The second-order valence-corrected chi connectivity index (χ2v) is 3.82. The molecule has 0 aromatic heterocycles. The monoisotopic (exact) mass is 227 g/mol. The van der Waals surface area contributed by atoms with E-state index in [1.807, 2.05) is 0 Å². The highest BCUT2D eigenvalue weighted by atomic mass is 16.5. The van der Waals surface area contributed by atoms with Gasteiger partial charge in [-0.05, 0) is 12.8 Å². The average Bonchev–Trinajstić information content (AvgIpc) is 2.28. The van der Waals surface area contributed by atoms with Crippen LogP contribution in [0.1, 0.15) is 12.8 Å². The Balaban J connectivity index is 2.57. The first-order valence-corrected chi connectivity index (χ1v) is 5.34. The molecule has 1 fully saturated rings. The van der Waals surface area contributed by atoms with Gasteiger partial charge in [-0.15, -0.1) is 6.58 Å². The number of carbonyl (C=O) groups is 2. The summed E-state index contributed by atoms with van der Waals surface area (Å²) >= 11 is 0. The van der Waals surface area contributed by atoms with Crippen LogP contribution in [0.2, 0.25) is 0 Å². The van der Waals surface area contributed by atoms with Crippen LogP contribution in [-0.4, -0.2) is 48.2 Å². The molecule has 1 saturated heterocycles. The number of carboxylic acids is 1. The Morgan fingerprint density at radius 2 is 2.31 bits per heavy atom. The van der Waals surface area contributed by atoms with Crippen LogP contribution < -0.4 is 0 Å². The molecule has 1 heterocycles. The van der Waals surface area contributed by atoms with Gasteiger partial charge in [0.25, 0.3) is 0 Å². The molecule has 5 nitrogen and oxygen atoms in total. The van der Waals surface area contributed by atoms with E-state index in [0.717, 1.165) is 12.8 Å². The Hall–Kier alpha value is -1.36. The fraction of sp³-hybridized carbons (Fsp3) is 0.636. The summed E-state index contributed by atoms with van der Waals surface area (Å²) in [5.74, 6) is -1.36. The van der Waals surface area contributed by atoms with Crippen molar-refractivity contribution in [2.24, 2.45) is 5.92 Å². The summed E-state index contributed by atoms with van der Waals surface area (Å²) in [6.45, 7) is 4.59. The van der Waals surface area contributed by atoms with Crippen LogP contribution in [-0.2, 0) is 14.3 Å². The van der Waals surface area contributed by atoms with Gasteiger partial charge in [0, 0.05) is 13.2 Å². The second kappa shape index (κ2) is 6.27. The molecule has 5 heteroatoms. The Morgan fingerprint density at radius 3 is 2.81 bits per heavy atom. The van der Waals surface area contributed by atoms with E-state index in [4.69, 9.17) is 9.84 Å². The lowest BCUT2D eigenvalue weighted by Gasteiger charge is -2.27. The Bertz CT molecular complexity index is 271. The Morgan fingerprint density at radius 1 is 1.56 bits per heavy atom. The number of hydrogen-bond donors (Lipinski definition) is 1. The van der Waals surface area contributed by atoms with Gasteiger partial charge in [-0.2, -0.15) is 0 Å². The third kappa shape index (κ3) is 3.66. The molecule has 1 unspecified atom stereocenters. The van der Waals surface area contributed by atoms with Gasteiger partial charge in [0.2, 0.25) is 5.91 Å². The first-order chi connectivity index (χ1) is 7.65. The van der Waals surface area contributed by atoms with Gasteiger partial charge in [0.05, 0.1) is 12.5 Å². The second-order valence-electron chi connectivity index (χ2n) is 3.82. The molecule has 1 aliphatic heterocycles. The van der Waals surface area contributed by atoms with Crippen LogP contribution in [0, 0.1) is 5.92 Å². The first-order valence-electron chi connectivity index (χ1n) is 5.34. The van der Waals surface area contributed by atoms with E-state index in [2.05, 4.69) is 6.58 Å². The molecule has 1 atom stereocenters. The highest BCUT2D eigenvalue weighted by molar-refractivity contribution is 5.83. The third-order valence-electron chi connectivity index (χ3n) is 2.50. The summed E-state index contributed by atoms with van der Waals surface area (Å²) in [7, 11) is 0. The van der Waals surface area contributed by atoms with Crippen LogP contribution >= 0.6 is 0 Å². The van der Waals surface area contributed by atoms with Gasteiger partial charge in [0.1, 0.15) is 6.54 Å². The number of ether oxygens (including phenoxy) is 1. The molecule has 0 spiro atoms. The molecule has 1 amide bonds. The van der Waals surface area contributed by atoms with Crippen molar-refractivity contribution in [1.29, 1.82) is 0 Å². The molecule has 0 aromatic carbocycles. The number of amides is 1. The zero-order chi connectivity index (χ0) is 12.0. The first kappa shape index (κ1) is 12.7. The number of rotatable bonds is 5. The molecule has 0 bridgehead atoms. The molecule has 1 aliphatic rings. The Kier molecular flexibility index (Phi) is 4.98. The van der Waals surface area contributed by atoms with Gasteiger partial charge in [-0.3, -0.25) is 9.59 Å². The van der Waals surface area contributed by atoms with Crippen molar-refractivity contribution in [3.05, 3.63) is 12.7 Å². The minimum Gasteiger partial charge on any atom is -0.480 e. The van der Waals surface area contributed by atoms with Crippen molar-refractivity contribution in [2.75, 3.05) is 26.3 Å². The SMILES string of the molecule is C=CCN(CC(=O)O)C(=O)C1CCCOC1. The fourth-order valence-electron chi connectivity index (χ4n) is 1.75. The van der Waals surface area contributed by atoms with E-state index in [1.165, 1.54) is 11.0 Å². The number of nitrogens with zero attached hydrogens (tertiary/aromatic N) is 1. The summed E-state index contributed by atoms with van der Waals surface area (Å²) in [4.78, 5) is 23.9. The smallest absolute Gasteiger partial charge is 0.323 e. The maximum Gasteiger partial charge on any atom is 0.323 e. The normalized spacial score (nSPS) is 20.1. The number of hydrogen-bond acceptors (Lipinski definition) is 3. The molecular weight excluding hydrogens is 210 g/mol. The standard InChI is InChI=1S/C11H17NO4/c1-2-5-12(7-10(13)14)11(15)9-4-3-6-16-8-9/h2,9H,1,3-8H2,(H,13,14). The van der Waals surface area contributed by atoms with Gasteiger partial charge in [-0.1, -0.05) is 6.08 Å². The maximum absolute atomic E-state index is 12.0. The lowest BCUT2D eigenvalue weighted by atomic mass is 10.0. The Labute approximate surface area is 94.7 Å². The molecule has 1 N–H and O–H groups in total. The van der Waals surface area contributed by atoms with E-state index < -0.39 is 5.97 Å². The van der Waals surface area contributed by atoms with Gasteiger partial charge < -0.3 is 14.7 Å². The van der Waals surface area contributed by atoms with Crippen LogP contribution in [0.3, 0.4) is 0 Å². The van der Waals surface area contributed by atoms with Gasteiger partial charge in [-0.25, -0.2) is 0 Å². The molecule has 0 saturated carbocycles. The predicted molar refractivity (Wildman–Crippen MR) is 58.0 cm³/mol. The van der Waals surface area contributed by atoms with E-state index >= 15 is 0 Å². The van der Waals surface area contributed by atoms with E-state index in [1.54, 1.807) is 0 Å². The summed E-state index contributed by atoms with van der Waals surface area (Å²) < 4.78 is 5.22. The largest absolute Gasteiger partial charge is 0.480 e. The molecule has 1 rings (SSSR count). The number of carboxylic acid groups (broad SMARTS) is 1. The zero-order valence-corrected chi connectivity index (χ0v) is 9.22. The van der Waals surface area contributed by atoms with Crippen molar-refractivity contribution in [1.82, 2.24) is 4.90 Å². The van der Waals surface area contributed by atoms with E-state index in [9.17, 15) is 9.59 Å². The highest BCUT2D eigenvalue weighted by Gasteiger charge is 2.26. The van der Waals surface area contributed by atoms with Gasteiger partial charge >= 0.3 is 5.97 Å². The molecule has 16 heavy (non-hydrogen) atoms. The van der Waals surface area contributed by atoms with Crippen molar-refractivity contribution in [3.63, 3.8) is 0 Å². The van der Waals surface area contributed by atoms with Crippen LogP contribution in [0.25, 0.3) is 0 Å². The molecule has 0 radical (unpaired) electrons. The maximum atomic E-state index is 12.0. The quantitative estimate of drug-likeness (QED) is 0.695. The van der Waals surface area contributed by atoms with Crippen LogP contribution in [0.5, 0.6) is 0 Å². The third-order valence-corrected chi connectivity index (χ3v) is 2.50. The lowest BCUT2D eigenvalue weighted by molar-refractivity contribution is -0.148.